The lowest BCUT2D eigenvalue weighted by Crippen LogP contribution is -2.39. The summed E-state index contributed by atoms with van der Waals surface area (Å²) in [5.74, 6) is -2.09. The van der Waals surface area contributed by atoms with Crippen LogP contribution in [-0.4, -0.2) is 27.8 Å². The Labute approximate surface area is 108 Å². The number of carboxylic acid groups (broad SMARTS) is 1. The van der Waals surface area contributed by atoms with Crippen LogP contribution < -0.4 is 0 Å². The van der Waals surface area contributed by atoms with Gasteiger partial charge in [-0.05, 0) is 19.9 Å². The molecule has 7 nitrogen and oxygen atoms in total. The van der Waals surface area contributed by atoms with Crippen LogP contribution in [0.25, 0.3) is 0 Å². The van der Waals surface area contributed by atoms with E-state index in [1.165, 1.54) is 32.4 Å². The minimum Gasteiger partial charge on any atom is -0.478 e. The van der Waals surface area contributed by atoms with Crippen molar-refractivity contribution in [1.82, 2.24) is 0 Å². The molecular formula is C12H12N2O5. The Morgan fingerprint density at radius 2 is 2.21 bits per heavy atom. The van der Waals surface area contributed by atoms with Crippen molar-refractivity contribution in [2.75, 3.05) is 0 Å². The van der Waals surface area contributed by atoms with E-state index in [4.69, 9.17) is 4.42 Å². The molecule has 1 aliphatic heterocycles. The molecule has 0 aromatic carbocycles. The minimum atomic E-state index is -1.20. The molecule has 100 valence electrons. The second kappa shape index (κ2) is 4.68. The Morgan fingerprint density at radius 1 is 1.53 bits per heavy atom. The topological polar surface area (TPSA) is 106 Å². The second-order valence-corrected chi connectivity index (χ2v) is 4.32. The molecular weight excluding hydrogens is 252 g/mol. The van der Waals surface area contributed by atoms with Gasteiger partial charge in [0.05, 0.1) is 29.7 Å². The molecule has 0 amide bonds. The smallest absolute Gasteiger partial charge is 0.334 e. The molecule has 0 saturated heterocycles. The van der Waals surface area contributed by atoms with E-state index in [2.05, 4.69) is 4.99 Å². The van der Waals surface area contributed by atoms with Crippen molar-refractivity contribution >= 4 is 11.7 Å². The number of nitrogens with zero attached hydrogens (tertiary/aromatic N) is 2. The van der Waals surface area contributed by atoms with Crippen LogP contribution in [-0.2, 0) is 4.79 Å². The fraction of sp³-hybridized carbons (Fsp3) is 0.333. The van der Waals surface area contributed by atoms with E-state index in [1.807, 2.05) is 0 Å². The summed E-state index contributed by atoms with van der Waals surface area (Å²) < 4.78 is 4.92. The molecule has 0 bridgehead atoms. The average molecular weight is 264 g/mol. The average Bonchev–Trinajstić information content (AvgIpc) is 2.79. The van der Waals surface area contributed by atoms with Gasteiger partial charge in [0.15, 0.2) is 0 Å². The fourth-order valence-corrected chi connectivity index (χ4v) is 2.38. The first kappa shape index (κ1) is 13.0. The van der Waals surface area contributed by atoms with Crippen LogP contribution in [0.1, 0.15) is 25.3 Å². The summed E-state index contributed by atoms with van der Waals surface area (Å²) in [6.07, 6.45) is 2.69. The zero-order valence-corrected chi connectivity index (χ0v) is 10.4. The molecule has 19 heavy (non-hydrogen) atoms. The van der Waals surface area contributed by atoms with E-state index >= 15 is 0 Å². The van der Waals surface area contributed by atoms with Crippen LogP contribution in [0.15, 0.2) is 39.3 Å². The molecule has 1 N–H and O–H groups in total. The van der Waals surface area contributed by atoms with Crippen molar-refractivity contribution < 1.29 is 19.2 Å². The molecule has 1 aliphatic rings. The summed E-state index contributed by atoms with van der Waals surface area (Å²) >= 11 is 0. The highest BCUT2D eigenvalue weighted by Gasteiger charge is 2.44. The first-order valence-electron chi connectivity index (χ1n) is 5.58. The monoisotopic (exact) mass is 264 g/mol. The number of hydrogen-bond donors (Lipinski definition) is 1. The number of rotatable bonds is 3. The third kappa shape index (κ3) is 2.14. The second-order valence-electron chi connectivity index (χ2n) is 4.32. The van der Waals surface area contributed by atoms with Crippen LogP contribution in [0.3, 0.4) is 0 Å². The standard InChI is InChI=1S/C12H12N2O5/c1-6-9(12(15)16)10(8-3-4-19-5-8)11(14(17)18)7(2)13-6/h3-5,10-11H,1-2H3,(H,15,16). The quantitative estimate of drug-likeness (QED) is 0.662. The summed E-state index contributed by atoms with van der Waals surface area (Å²) in [5, 5.41) is 20.5. The van der Waals surface area contributed by atoms with Gasteiger partial charge in [0.1, 0.15) is 0 Å². The Bertz CT molecular complexity index is 585. The molecule has 0 radical (unpaired) electrons. The number of allylic oxidation sites excluding steroid dienone is 1. The minimum absolute atomic E-state index is 0.0614. The van der Waals surface area contributed by atoms with Crippen LogP contribution in [0.5, 0.6) is 0 Å². The van der Waals surface area contributed by atoms with Gasteiger partial charge in [-0.2, -0.15) is 0 Å². The lowest BCUT2D eigenvalue weighted by molar-refractivity contribution is -0.505. The van der Waals surface area contributed by atoms with Gasteiger partial charge in [-0.15, -0.1) is 0 Å². The van der Waals surface area contributed by atoms with E-state index in [-0.39, 0.29) is 11.3 Å². The fourth-order valence-electron chi connectivity index (χ4n) is 2.38. The van der Waals surface area contributed by atoms with Gasteiger partial charge < -0.3 is 9.52 Å². The van der Waals surface area contributed by atoms with Crippen LogP contribution in [0.2, 0.25) is 0 Å². The summed E-state index contributed by atoms with van der Waals surface area (Å²) in [5.41, 5.74) is 0.981. The molecule has 2 heterocycles. The van der Waals surface area contributed by atoms with Crippen molar-refractivity contribution in [2.24, 2.45) is 4.99 Å². The lowest BCUT2D eigenvalue weighted by atomic mass is 9.81. The van der Waals surface area contributed by atoms with Crippen LogP contribution in [0, 0.1) is 10.1 Å². The number of carbonyl (C=O) groups is 1. The van der Waals surface area contributed by atoms with Gasteiger partial charge in [0, 0.05) is 16.2 Å². The van der Waals surface area contributed by atoms with Gasteiger partial charge >= 0.3 is 5.97 Å². The number of nitro groups is 1. The Kier molecular flexibility index (Phi) is 3.20. The normalized spacial score (nSPS) is 23.2. The molecule has 0 fully saturated rings. The number of carboxylic acids is 1. The number of furan rings is 1. The van der Waals surface area contributed by atoms with Gasteiger partial charge in [-0.25, -0.2) is 4.79 Å². The zero-order valence-electron chi connectivity index (χ0n) is 10.4. The summed E-state index contributed by atoms with van der Waals surface area (Å²) in [6, 6.07) is 0.350. The van der Waals surface area contributed by atoms with Crippen molar-refractivity contribution in [3.8, 4) is 0 Å². The number of aliphatic carboxylic acids is 1. The summed E-state index contributed by atoms with van der Waals surface area (Å²) in [7, 11) is 0. The highest BCUT2D eigenvalue weighted by Crippen LogP contribution is 2.36. The number of hydrogen-bond acceptors (Lipinski definition) is 5. The highest BCUT2D eigenvalue weighted by atomic mass is 16.6. The highest BCUT2D eigenvalue weighted by molar-refractivity contribution is 5.97. The van der Waals surface area contributed by atoms with Gasteiger partial charge in [-0.1, -0.05) is 0 Å². The molecule has 2 rings (SSSR count). The molecule has 2 atom stereocenters. The zero-order chi connectivity index (χ0) is 14.2. The van der Waals surface area contributed by atoms with Crippen molar-refractivity contribution in [3.05, 3.63) is 45.5 Å². The largest absolute Gasteiger partial charge is 0.478 e. The summed E-state index contributed by atoms with van der Waals surface area (Å²) in [4.78, 5) is 26.1. The van der Waals surface area contributed by atoms with Crippen molar-refractivity contribution in [1.29, 1.82) is 0 Å². The summed E-state index contributed by atoms with van der Waals surface area (Å²) in [6.45, 7) is 3.07. The van der Waals surface area contributed by atoms with Crippen LogP contribution in [0.4, 0.5) is 0 Å². The van der Waals surface area contributed by atoms with E-state index in [0.29, 0.717) is 11.3 Å². The molecule has 0 saturated carbocycles. The molecule has 1 aromatic rings. The third-order valence-electron chi connectivity index (χ3n) is 3.15. The van der Waals surface area contributed by atoms with Gasteiger partial charge in [0.2, 0.25) is 0 Å². The SMILES string of the molecule is CC1=NC(C)=C(C(=O)O)C(c2ccoc2)C1[N+](=O)[O-]. The molecule has 1 aromatic heterocycles. The van der Waals surface area contributed by atoms with E-state index in [9.17, 15) is 20.0 Å². The molecule has 7 heteroatoms. The van der Waals surface area contributed by atoms with E-state index < -0.39 is 22.9 Å². The lowest BCUT2D eigenvalue weighted by Gasteiger charge is -2.25. The van der Waals surface area contributed by atoms with E-state index in [0.717, 1.165) is 0 Å². The van der Waals surface area contributed by atoms with Gasteiger partial charge in [-0.3, -0.25) is 15.1 Å². The van der Waals surface area contributed by atoms with Crippen molar-refractivity contribution in [3.63, 3.8) is 0 Å². The number of aliphatic imine (C=N–C) groups is 1. The maximum absolute atomic E-state index is 11.4. The first-order chi connectivity index (χ1) is 8.93. The van der Waals surface area contributed by atoms with E-state index in [1.54, 1.807) is 0 Å². The van der Waals surface area contributed by atoms with Crippen molar-refractivity contribution in [2.45, 2.75) is 25.8 Å². The maximum Gasteiger partial charge on any atom is 0.334 e. The maximum atomic E-state index is 11.4. The first-order valence-corrected chi connectivity index (χ1v) is 5.58. The predicted octanol–water partition coefficient (Wildman–Crippen LogP) is 1.84. The molecule has 2 unspecified atom stereocenters. The van der Waals surface area contributed by atoms with Crippen LogP contribution >= 0.6 is 0 Å². The third-order valence-corrected chi connectivity index (χ3v) is 3.15. The predicted molar refractivity (Wildman–Crippen MR) is 65.7 cm³/mol. The molecule has 0 spiro atoms. The Hall–Kier alpha value is -2.44. The molecule has 0 aliphatic carbocycles. The Balaban J connectivity index is 2.63. The Morgan fingerprint density at radius 3 is 2.68 bits per heavy atom. The van der Waals surface area contributed by atoms with Gasteiger partial charge in [0.25, 0.3) is 6.04 Å².